The molecule has 1 heterocycles. The van der Waals surface area contributed by atoms with Crippen LogP contribution in [-0.2, 0) is 16.1 Å². The molecule has 1 saturated heterocycles. The van der Waals surface area contributed by atoms with Crippen LogP contribution in [0.1, 0.15) is 38.7 Å². The Morgan fingerprint density at radius 3 is 2.52 bits per heavy atom. The van der Waals surface area contributed by atoms with E-state index in [2.05, 4.69) is 30.1 Å². The number of nitrogens with two attached hydrogens (primary N) is 1. The van der Waals surface area contributed by atoms with Crippen LogP contribution in [0.2, 0.25) is 0 Å². The minimum Gasteiger partial charge on any atom is -0.373 e. The molecule has 2 unspecified atom stereocenters. The van der Waals surface area contributed by atoms with E-state index in [-0.39, 0.29) is 48.8 Å². The number of ether oxygens (including phenoxy) is 1. The fourth-order valence-corrected chi connectivity index (χ4v) is 4.32. The van der Waals surface area contributed by atoms with Crippen LogP contribution in [0.5, 0.6) is 0 Å². The number of benzene rings is 1. The van der Waals surface area contributed by atoms with Crippen molar-refractivity contribution < 1.29 is 9.53 Å². The zero-order valence-electron chi connectivity index (χ0n) is 16.2. The number of rotatable bonds is 5. The number of carbonyl (C=O) groups is 1. The number of carbonyl (C=O) groups excluding carboxylic acids is 1. The van der Waals surface area contributed by atoms with Gasteiger partial charge in [-0.15, -0.1) is 24.8 Å². The molecule has 1 aliphatic heterocycles. The van der Waals surface area contributed by atoms with Gasteiger partial charge in [0.15, 0.2) is 0 Å². The van der Waals surface area contributed by atoms with E-state index in [1.165, 1.54) is 5.56 Å². The monoisotopic (exact) mass is 417 g/mol. The van der Waals surface area contributed by atoms with Gasteiger partial charge in [0.1, 0.15) is 0 Å². The molecule has 2 aliphatic rings. The summed E-state index contributed by atoms with van der Waals surface area (Å²) in [5.41, 5.74) is 7.93. The van der Waals surface area contributed by atoms with Crippen LogP contribution in [0.15, 0.2) is 24.3 Å². The molecule has 0 aromatic heterocycles. The first kappa shape index (κ1) is 24.2. The van der Waals surface area contributed by atoms with Gasteiger partial charge in [-0.2, -0.15) is 0 Å². The van der Waals surface area contributed by atoms with Crippen LogP contribution in [0.4, 0.5) is 5.69 Å². The fourth-order valence-electron chi connectivity index (χ4n) is 4.32. The van der Waals surface area contributed by atoms with E-state index >= 15 is 0 Å². The van der Waals surface area contributed by atoms with Crippen molar-refractivity contribution in [3.63, 3.8) is 0 Å². The molecule has 1 aromatic carbocycles. The van der Waals surface area contributed by atoms with Crippen molar-refractivity contribution >= 4 is 36.4 Å². The average Bonchev–Trinajstić information content (AvgIpc) is 3.04. The Hall–Kier alpha value is -0.850. The summed E-state index contributed by atoms with van der Waals surface area (Å²) in [6, 6.07) is 8.14. The highest BCUT2D eigenvalue weighted by Crippen LogP contribution is 2.32. The normalized spacial score (nSPS) is 28.1. The number of hydrogen-bond acceptors (Lipinski definition) is 4. The molecule has 3 N–H and O–H groups in total. The lowest BCUT2D eigenvalue weighted by atomic mass is 9.95. The maximum Gasteiger partial charge on any atom is 0.227 e. The molecule has 0 spiro atoms. The highest BCUT2D eigenvalue weighted by molar-refractivity contribution is 5.93. The summed E-state index contributed by atoms with van der Waals surface area (Å²) in [7, 11) is 0. The van der Waals surface area contributed by atoms with Gasteiger partial charge in [0.25, 0.3) is 0 Å². The summed E-state index contributed by atoms with van der Waals surface area (Å²) in [6.07, 6.45) is 3.61. The maximum atomic E-state index is 12.7. The Kier molecular flexibility index (Phi) is 10.1. The van der Waals surface area contributed by atoms with E-state index < -0.39 is 0 Å². The minimum absolute atomic E-state index is 0. The molecule has 1 aromatic rings. The number of morpholine rings is 1. The number of halogens is 2. The van der Waals surface area contributed by atoms with Crippen molar-refractivity contribution in [3.05, 3.63) is 29.8 Å². The number of nitrogens with zero attached hydrogens (tertiary/aromatic N) is 1. The van der Waals surface area contributed by atoms with Crippen LogP contribution in [-0.4, -0.2) is 42.6 Å². The molecule has 1 saturated carbocycles. The Labute approximate surface area is 175 Å². The predicted octanol–water partition coefficient (Wildman–Crippen LogP) is 3.45. The van der Waals surface area contributed by atoms with Crippen molar-refractivity contribution in [2.24, 2.45) is 17.6 Å². The molecule has 0 bridgehead atoms. The van der Waals surface area contributed by atoms with E-state index in [1.807, 2.05) is 18.2 Å². The van der Waals surface area contributed by atoms with Crippen molar-refractivity contribution in [3.8, 4) is 0 Å². The van der Waals surface area contributed by atoms with Crippen molar-refractivity contribution in [2.75, 3.05) is 25.0 Å². The summed E-state index contributed by atoms with van der Waals surface area (Å²) in [6.45, 7) is 7.50. The van der Waals surface area contributed by atoms with Gasteiger partial charge in [0, 0.05) is 31.2 Å². The zero-order chi connectivity index (χ0) is 17.8. The fraction of sp³-hybridized carbons (Fsp3) is 0.650. The van der Waals surface area contributed by atoms with E-state index in [9.17, 15) is 4.79 Å². The SMILES string of the molecule is CC1CN(Cc2ccccc2NC(=O)[C@@H]2CCC[C@@H]2CN)CC(C)O1.Cl.Cl. The molecule has 0 radical (unpaired) electrons. The lowest BCUT2D eigenvalue weighted by Crippen LogP contribution is -2.44. The highest BCUT2D eigenvalue weighted by atomic mass is 35.5. The lowest BCUT2D eigenvalue weighted by molar-refractivity contribution is -0.120. The number of para-hydroxylation sites is 1. The van der Waals surface area contributed by atoms with E-state index in [0.29, 0.717) is 12.5 Å². The molecule has 5 nitrogen and oxygen atoms in total. The molecular formula is C20H33Cl2N3O2. The molecule has 2 fully saturated rings. The van der Waals surface area contributed by atoms with Crippen molar-refractivity contribution in [1.82, 2.24) is 4.90 Å². The summed E-state index contributed by atoms with van der Waals surface area (Å²) >= 11 is 0. The highest BCUT2D eigenvalue weighted by Gasteiger charge is 2.32. The Morgan fingerprint density at radius 1 is 1.19 bits per heavy atom. The van der Waals surface area contributed by atoms with Crippen LogP contribution in [0, 0.1) is 11.8 Å². The second kappa shape index (κ2) is 11.2. The van der Waals surface area contributed by atoms with Crippen LogP contribution in [0.3, 0.4) is 0 Å². The summed E-state index contributed by atoms with van der Waals surface area (Å²) in [5, 5.41) is 3.18. The zero-order valence-corrected chi connectivity index (χ0v) is 17.9. The first-order chi connectivity index (χ1) is 12.1. The van der Waals surface area contributed by atoms with Gasteiger partial charge in [-0.25, -0.2) is 0 Å². The van der Waals surface area contributed by atoms with Gasteiger partial charge in [-0.3, -0.25) is 9.69 Å². The Bertz CT molecular complexity index is 592. The van der Waals surface area contributed by atoms with Gasteiger partial charge in [-0.05, 0) is 50.8 Å². The molecule has 3 rings (SSSR count). The second-order valence-electron chi connectivity index (χ2n) is 7.63. The molecule has 7 heteroatoms. The van der Waals surface area contributed by atoms with Gasteiger partial charge in [0.05, 0.1) is 12.2 Å². The van der Waals surface area contributed by atoms with E-state index in [0.717, 1.165) is 44.6 Å². The molecule has 154 valence electrons. The first-order valence-corrected chi connectivity index (χ1v) is 9.53. The molecule has 1 amide bonds. The minimum atomic E-state index is 0. The number of hydrogen-bond donors (Lipinski definition) is 2. The second-order valence-corrected chi connectivity index (χ2v) is 7.63. The summed E-state index contributed by atoms with van der Waals surface area (Å²) < 4.78 is 5.82. The van der Waals surface area contributed by atoms with Crippen LogP contribution < -0.4 is 11.1 Å². The number of nitrogens with one attached hydrogen (secondary N) is 1. The predicted molar refractivity (Wildman–Crippen MR) is 115 cm³/mol. The topological polar surface area (TPSA) is 67.6 Å². The average molecular weight is 418 g/mol. The molecule has 4 atom stereocenters. The smallest absolute Gasteiger partial charge is 0.227 e. The number of anilines is 1. The van der Waals surface area contributed by atoms with Crippen LogP contribution >= 0.6 is 24.8 Å². The Balaban J connectivity index is 0.00000182. The van der Waals surface area contributed by atoms with Gasteiger partial charge in [-0.1, -0.05) is 24.6 Å². The lowest BCUT2D eigenvalue weighted by Gasteiger charge is -2.35. The summed E-state index contributed by atoms with van der Waals surface area (Å²) in [5.74, 6) is 0.513. The quantitative estimate of drug-likeness (QED) is 0.769. The van der Waals surface area contributed by atoms with Crippen molar-refractivity contribution in [2.45, 2.75) is 51.9 Å². The first-order valence-electron chi connectivity index (χ1n) is 9.53. The molecule has 1 aliphatic carbocycles. The largest absolute Gasteiger partial charge is 0.373 e. The van der Waals surface area contributed by atoms with Gasteiger partial charge >= 0.3 is 0 Å². The van der Waals surface area contributed by atoms with E-state index in [4.69, 9.17) is 10.5 Å². The third-order valence-corrected chi connectivity index (χ3v) is 5.46. The Morgan fingerprint density at radius 2 is 1.85 bits per heavy atom. The number of amides is 1. The van der Waals surface area contributed by atoms with Gasteiger partial charge in [0.2, 0.25) is 5.91 Å². The van der Waals surface area contributed by atoms with Crippen molar-refractivity contribution in [1.29, 1.82) is 0 Å². The molecule has 27 heavy (non-hydrogen) atoms. The molecular weight excluding hydrogens is 385 g/mol. The van der Waals surface area contributed by atoms with Gasteiger partial charge < -0.3 is 15.8 Å². The van der Waals surface area contributed by atoms with E-state index in [1.54, 1.807) is 0 Å². The van der Waals surface area contributed by atoms with Crippen LogP contribution in [0.25, 0.3) is 0 Å². The summed E-state index contributed by atoms with van der Waals surface area (Å²) in [4.78, 5) is 15.1. The third kappa shape index (κ3) is 6.33. The third-order valence-electron chi connectivity index (χ3n) is 5.46. The maximum absolute atomic E-state index is 12.7. The standard InChI is InChI=1S/C20H31N3O2.2ClH/c1-14-11-23(12-15(2)25-14)13-17-6-3-4-9-19(17)22-20(24)18-8-5-7-16(18)10-21;;/h3-4,6,9,14-16,18H,5,7-8,10-13,21H2,1-2H3,(H,22,24);2*1H/t14?,15?,16-,18-;;/m1../s1.